The average molecular weight is 429 g/mol. The van der Waals surface area contributed by atoms with Crippen molar-refractivity contribution in [1.29, 1.82) is 0 Å². The molecule has 1 N–H and O–H groups in total. The molecule has 0 radical (unpaired) electrons. The van der Waals surface area contributed by atoms with E-state index in [4.69, 9.17) is 11.6 Å². The van der Waals surface area contributed by atoms with Crippen molar-refractivity contribution in [2.45, 2.75) is 25.8 Å². The molecule has 1 unspecified atom stereocenters. The van der Waals surface area contributed by atoms with E-state index < -0.39 is 0 Å². The highest BCUT2D eigenvalue weighted by Gasteiger charge is 2.26. The van der Waals surface area contributed by atoms with Crippen LogP contribution in [0.15, 0.2) is 18.2 Å². The fourth-order valence-corrected chi connectivity index (χ4v) is 2.91. The van der Waals surface area contributed by atoms with Crippen LogP contribution in [0, 0.1) is 3.57 Å². The number of benzene rings is 1. The van der Waals surface area contributed by atoms with E-state index >= 15 is 0 Å². The van der Waals surface area contributed by atoms with Crippen LogP contribution in [0.1, 0.15) is 30.1 Å². The van der Waals surface area contributed by atoms with Crippen LogP contribution in [0.3, 0.4) is 0 Å². The summed E-state index contributed by atoms with van der Waals surface area (Å²) in [5.74, 6) is 0.0915. The quantitative estimate of drug-likeness (QED) is 0.743. The van der Waals surface area contributed by atoms with E-state index in [9.17, 15) is 4.79 Å². The van der Waals surface area contributed by atoms with Crippen LogP contribution in [-0.4, -0.2) is 36.5 Å². The molecule has 1 aliphatic heterocycles. The highest BCUT2D eigenvalue weighted by molar-refractivity contribution is 14.1. The fourth-order valence-electron chi connectivity index (χ4n) is 2.39. The van der Waals surface area contributed by atoms with Gasteiger partial charge in [0.1, 0.15) is 0 Å². The molecule has 1 heterocycles. The highest BCUT2D eigenvalue weighted by atomic mass is 127. The Balaban J connectivity index is 0.00000200. The first kappa shape index (κ1) is 18.0. The number of hydrogen-bond acceptors (Lipinski definition) is 2. The van der Waals surface area contributed by atoms with Gasteiger partial charge < -0.3 is 10.2 Å². The van der Waals surface area contributed by atoms with Crippen molar-refractivity contribution in [2.75, 3.05) is 19.6 Å². The van der Waals surface area contributed by atoms with Crippen LogP contribution in [0.5, 0.6) is 0 Å². The van der Waals surface area contributed by atoms with Gasteiger partial charge in [0.25, 0.3) is 5.91 Å². The Kier molecular flexibility index (Phi) is 7.58. The fraction of sp³-hybridized carbons (Fsp3) is 0.500. The van der Waals surface area contributed by atoms with Crippen LogP contribution in [0.25, 0.3) is 0 Å². The summed E-state index contributed by atoms with van der Waals surface area (Å²) in [5.41, 5.74) is 0.686. The largest absolute Gasteiger partial charge is 0.334 e. The molecule has 1 fully saturated rings. The van der Waals surface area contributed by atoms with E-state index in [2.05, 4.69) is 34.8 Å². The van der Waals surface area contributed by atoms with Crippen molar-refractivity contribution >= 4 is 52.5 Å². The topological polar surface area (TPSA) is 32.3 Å². The minimum atomic E-state index is 0. The second-order valence-electron chi connectivity index (χ2n) is 4.77. The predicted molar refractivity (Wildman–Crippen MR) is 94.0 cm³/mol. The Morgan fingerprint density at radius 2 is 2.30 bits per heavy atom. The molecule has 20 heavy (non-hydrogen) atoms. The second kappa shape index (κ2) is 8.41. The van der Waals surface area contributed by atoms with E-state index in [0.29, 0.717) is 16.6 Å². The number of nitrogens with zero attached hydrogens (tertiary/aromatic N) is 1. The number of nitrogens with one attached hydrogen (secondary N) is 1. The standard InChI is InChI=1S/C14H18ClIN2O.ClH/c1-2-7-18(11-5-6-17-9-11)14(19)10-3-4-13(16)12(15)8-10;/h3-4,8,11,17H,2,5-7,9H2,1H3;1H. The Morgan fingerprint density at radius 3 is 2.85 bits per heavy atom. The van der Waals surface area contributed by atoms with Crippen LogP contribution in [0.4, 0.5) is 0 Å². The third-order valence-electron chi connectivity index (χ3n) is 3.37. The summed E-state index contributed by atoms with van der Waals surface area (Å²) in [6.45, 7) is 4.79. The molecule has 1 atom stereocenters. The monoisotopic (exact) mass is 428 g/mol. The Labute approximate surface area is 145 Å². The van der Waals surface area contributed by atoms with Gasteiger partial charge in [-0.2, -0.15) is 0 Å². The summed E-state index contributed by atoms with van der Waals surface area (Å²) in [6, 6.07) is 5.84. The first-order valence-corrected chi connectivity index (χ1v) is 8.06. The molecule has 0 aliphatic carbocycles. The zero-order valence-corrected chi connectivity index (χ0v) is 15.1. The molecular formula is C14H19Cl2IN2O. The summed E-state index contributed by atoms with van der Waals surface area (Å²) in [6.07, 6.45) is 2.00. The second-order valence-corrected chi connectivity index (χ2v) is 6.34. The Hall–Kier alpha value is -0.0400. The smallest absolute Gasteiger partial charge is 0.254 e. The maximum Gasteiger partial charge on any atom is 0.254 e. The number of carbonyl (C=O) groups excluding carboxylic acids is 1. The third kappa shape index (κ3) is 4.23. The van der Waals surface area contributed by atoms with E-state index in [0.717, 1.165) is 36.0 Å². The molecular weight excluding hydrogens is 410 g/mol. The van der Waals surface area contributed by atoms with Gasteiger partial charge in [-0.3, -0.25) is 4.79 Å². The van der Waals surface area contributed by atoms with Crippen molar-refractivity contribution in [2.24, 2.45) is 0 Å². The third-order valence-corrected chi connectivity index (χ3v) is 4.94. The molecule has 0 spiro atoms. The minimum Gasteiger partial charge on any atom is -0.334 e. The van der Waals surface area contributed by atoms with Gasteiger partial charge in [0.05, 0.1) is 5.02 Å². The summed E-state index contributed by atoms with van der Waals surface area (Å²) in [7, 11) is 0. The van der Waals surface area contributed by atoms with E-state index in [1.807, 2.05) is 17.0 Å². The molecule has 112 valence electrons. The van der Waals surface area contributed by atoms with E-state index in [-0.39, 0.29) is 18.3 Å². The van der Waals surface area contributed by atoms with Gasteiger partial charge >= 0.3 is 0 Å². The SMILES string of the molecule is CCCN(C(=O)c1ccc(I)c(Cl)c1)C1CCNC1.Cl. The molecule has 2 rings (SSSR count). The average Bonchev–Trinajstić information content (AvgIpc) is 2.92. The van der Waals surface area contributed by atoms with Crippen molar-refractivity contribution < 1.29 is 4.79 Å². The lowest BCUT2D eigenvalue weighted by Gasteiger charge is -2.28. The molecule has 3 nitrogen and oxygen atoms in total. The lowest BCUT2D eigenvalue weighted by atomic mass is 10.1. The molecule has 1 aromatic carbocycles. The number of amides is 1. The molecule has 0 aromatic heterocycles. The zero-order chi connectivity index (χ0) is 13.8. The number of rotatable bonds is 4. The van der Waals surface area contributed by atoms with Crippen LogP contribution in [-0.2, 0) is 0 Å². The molecule has 1 amide bonds. The molecule has 0 bridgehead atoms. The summed E-state index contributed by atoms with van der Waals surface area (Å²) < 4.78 is 0.973. The Bertz CT molecular complexity index is 464. The van der Waals surface area contributed by atoms with Gasteiger partial charge in [-0.15, -0.1) is 12.4 Å². The Morgan fingerprint density at radius 1 is 1.55 bits per heavy atom. The maximum absolute atomic E-state index is 12.6. The predicted octanol–water partition coefficient (Wildman–Crippen LogP) is 3.58. The summed E-state index contributed by atoms with van der Waals surface area (Å²) >= 11 is 8.28. The van der Waals surface area contributed by atoms with E-state index in [1.54, 1.807) is 6.07 Å². The normalized spacial score (nSPS) is 17.6. The molecule has 1 aliphatic rings. The lowest BCUT2D eigenvalue weighted by Crippen LogP contribution is -2.42. The maximum atomic E-state index is 12.6. The van der Waals surface area contributed by atoms with Gasteiger partial charge in [-0.05, 0) is 60.2 Å². The first-order chi connectivity index (χ1) is 9.13. The van der Waals surface area contributed by atoms with Gasteiger partial charge in [0.2, 0.25) is 0 Å². The van der Waals surface area contributed by atoms with Gasteiger partial charge in [0.15, 0.2) is 0 Å². The van der Waals surface area contributed by atoms with E-state index in [1.165, 1.54) is 0 Å². The van der Waals surface area contributed by atoms with Crippen LogP contribution < -0.4 is 5.32 Å². The summed E-state index contributed by atoms with van der Waals surface area (Å²) in [5, 5.41) is 3.96. The minimum absolute atomic E-state index is 0. The van der Waals surface area contributed by atoms with Gasteiger partial charge in [-0.1, -0.05) is 18.5 Å². The number of hydrogen-bond donors (Lipinski definition) is 1. The van der Waals surface area contributed by atoms with Gasteiger partial charge in [-0.25, -0.2) is 0 Å². The molecule has 0 saturated carbocycles. The zero-order valence-electron chi connectivity index (χ0n) is 11.4. The van der Waals surface area contributed by atoms with Crippen molar-refractivity contribution in [3.63, 3.8) is 0 Å². The molecule has 1 saturated heterocycles. The molecule has 6 heteroatoms. The van der Waals surface area contributed by atoms with Crippen molar-refractivity contribution in [3.8, 4) is 0 Å². The van der Waals surface area contributed by atoms with Crippen LogP contribution in [0.2, 0.25) is 5.02 Å². The van der Waals surface area contributed by atoms with Crippen molar-refractivity contribution in [1.82, 2.24) is 10.2 Å². The lowest BCUT2D eigenvalue weighted by molar-refractivity contribution is 0.0692. The van der Waals surface area contributed by atoms with Gasteiger partial charge in [0, 0.05) is 28.3 Å². The highest BCUT2D eigenvalue weighted by Crippen LogP contribution is 2.22. The number of carbonyl (C=O) groups is 1. The molecule has 1 aromatic rings. The van der Waals surface area contributed by atoms with Crippen LogP contribution >= 0.6 is 46.6 Å². The first-order valence-electron chi connectivity index (χ1n) is 6.60. The number of halogens is 3. The van der Waals surface area contributed by atoms with Crippen molar-refractivity contribution in [3.05, 3.63) is 32.4 Å². The summed E-state index contributed by atoms with van der Waals surface area (Å²) in [4.78, 5) is 14.6.